The zero-order valence-corrected chi connectivity index (χ0v) is 32.8. The van der Waals surface area contributed by atoms with Gasteiger partial charge in [-0.05, 0) is 51.4 Å². The average Bonchev–Trinajstić information content (AvgIpc) is 3.11. The SMILES string of the molecule is CCC(O)C(O)CCCCCCCC(=O)O.CCCCCCCCC(O)C(O)CCCCCCCC(=O)O.O=C(O)CCCCCCCC(O)CO. The quantitative estimate of drug-likeness (QED) is 0.0289. The second kappa shape index (κ2) is 41.9. The molecule has 0 rings (SSSR count). The molecule has 0 saturated carbocycles. The molecule has 0 aliphatic carbocycles. The van der Waals surface area contributed by atoms with Crippen LogP contribution in [-0.4, -0.2) is 101 Å². The van der Waals surface area contributed by atoms with Crippen molar-refractivity contribution in [3.63, 3.8) is 0 Å². The fraction of sp³-hybridized carbons (Fsp3) is 0.925. The van der Waals surface area contributed by atoms with E-state index >= 15 is 0 Å². The van der Waals surface area contributed by atoms with E-state index in [1.165, 1.54) is 25.7 Å². The van der Waals surface area contributed by atoms with Gasteiger partial charge in [0.2, 0.25) is 0 Å². The van der Waals surface area contributed by atoms with Gasteiger partial charge in [0, 0.05) is 19.3 Å². The molecule has 0 amide bonds. The van der Waals surface area contributed by atoms with Crippen LogP contribution in [0.15, 0.2) is 0 Å². The number of aliphatic hydroxyl groups is 6. The van der Waals surface area contributed by atoms with Crippen molar-refractivity contribution in [3.05, 3.63) is 0 Å². The molecular weight excluding hydrogens is 672 g/mol. The molecule has 5 atom stereocenters. The maximum absolute atomic E-state index is 10.4. The number of carboxylic acid groups (broad SMARTS) is 3. The standard InChI is InChI=1S/C18H36O4.C12H24O4.C10H20O4/c1-2-3-4-5-7-10-13-16(19)17(20)14-11-8-6-9-12-15-18(21)22;1-2-10(13)11(14)8-6-4-3-5-7-9-12(15)16;11-8-9(12)6-4-2-1-3-5-7-10(13)14/h16-17,19-20H,2-15H2,1H3,(H,21,22);10-11,13-14H,2-9H2,1H3,(H,15,16);9,11-12H,1-8H2,(H,13,14). The predicted molar refractivity (Wildman–Crippen MR) is 205 cm³/mol. The molecule has 9 N–H and O–H groups in total. The highest BCUT2D eigenvalue weighted by Gasteiger charge is 2.15. The molecule has 0 spiro atoms. The summed E-state index contributed by atoms with van der Waals surface area (Å²) in [5.41, 5.74) is 0. The Kier molecular flexibility index (Phi) is 43.9. The summed E-state index contributed by atoms with van der Waals surface area (Å²) in [4.78, 5) is 30.7. The van der Waals surface area contributed by atoms with Crippen molar-refractivity contribution in [2.24, 2.45) is 0 Å². The Hall–Kier alpha value is -1.83. The van der Waals surface area contributed by atoms with E-state index in [2.05, 4.69) is 6.92 Å². The van der Waals surface area contributed by atoms with Gasteiger partial charge in [0.25, 0.3) is 0 Å². The second-order valence-electron chi connectivity index (χ2n) is 14.2. The Labute approximate surface area is 315 Å². The third kappa shape index (κ3) is 46.2. The van der Waals surface area contributed by atoms with Crippen LogP contribution in [-0.2, 0) is 14.4 Å². The molecule has 12 nitrogen and oxygen atoms in total. The van der Waals surface area contributed by atoms with E-state index in [0.29, 0.717) is 32.1 Å². The monoisotopic (exact) mass is 753 g/mol. The Morgan fingerprint density at radius 3 is 0.942 bits per heavy atom. The van der Waals surface area contributed by atoms with Crippen molar-refractivity contribution in [1.82, 2.24) is 0 Å². The molecule has 0 aromatic heterocycles. The summed E-state index contributed by atoms with van der Waals surface area (Å²) in [6.45, 7) is 3.88. The minimum Gasteiger partial charge on any atom is -0.481 e. The van der Waals surface area contributed by atoms with E-state index < -0.39 is 48.4 Å². The van der Waals surface area contributed by atoms with Crippen molar-refractivity contribution in [2.45, 2.75) is 231 Å². The lowest BCUT2D eigenvalue weighted by atomic mass is 9.99. The highest BCUT2D eigenvalue weighted by molar-refractivity contribution is 5.67. The topological polar surface area (TPSA) is 233 Å². The van der Waals surface area contributed by atoms with Crippen LogP contribution in [0.2, 0.25) is 0 Å². The van der Waals surface area contributed by atoms with E-state index in [-0.39, 0.29) is 25.9 Å². The van der Waals surface area contributed by atoms with Crippen LogP contribution < -0.4 is 0 Å². The molecule has 52 heavy (non-hydrogen) atoms. The summed E-state index contributed by atoms with van der Waals surface area (Å²) in [5, 5.41) is 81.4. The van der Waals surface area contributed by atoms with Crippen molar-refractivity contribution in [3.8, 4) is 0 Å². The third-order valence-electron chi connectivity index (χ3n) is 9.08. The number of carboxylic acids is 3. The van der Waals surface area contributed by atoms with Crippen LogP contribution in [0.1, 0.15) is 200 Å². The molecule has 0 saturated heterocycles. The molecule has 0 heterocycles. The fourth-order valence-corrected chi connectivity index (χ4v) is 5.58. The number of hydrogen-bond donors (Lipinski definition) is 9. The molecule has 0 bridgehead atoms. The molecule has 0 aliphatic heterocycles. The molecule has 0 radical (unpaired) electrons. The van der Waals surface area contributed by atoms with E-state index in [0.717, 1.165) is 109 Å². The van der Waals surface area contributed by atoms with Gasteiger partial charge in [-0.3, -0.25) is 14.4 Å². The van der Waals surface area contributed by atoms with Gasteiger partial charge in [0.05, 0.1) is 37.1 Å². The highest BCUT2D eigenvalue weighted by atomic mass is 16.4. The molecule has 0 aliphatic rings. The van der Waals surface area contributed by atoms with Crippen LogP contribution in [0.5, 0.6) is 0 Å². The van der Waals surface area contributed by atoms with Gasteiger partial charge in [-0.15, -0.1) is 0 Å². The van der Waals surface area contributed by atoms with E-state index in [9.17, 15) is 34.8 Å². The van der Waals surface area contributed by atoms with Crippen LogP contribution >= 0.6 is 0 Å². The number of carbonyl (C=O) groups is 3. The fourth-order valence-electron chi connectivity index (χ4n) is 5.58. The molecule has 0 fully saturated rings. The third-order valence-corrected chi connectivity index (χ3v) is 9.08. The Bertz CT molecular complexity index is 782. The summed E-state index contributed by atoms with van der Waals surface area (Å²) in [6, 6.07) is 0. The van der Waals surface area contributed by atoms with Gasteiger partial charge >= 0.3 is 17.9 Å². The average molecular weight is 753 g/mol. The predicted octanol–water partition coefficient (Wildman–Crippen LogP) is 7.36. The largest absolute Gasteiger partial charge is 0.481 e. The number of rotatable bonds is 35. The van der Waals surface area contributed by atoms with Gasteiger partial charge < -0.3 is 46.0 Å². The number of unbranched alkanes of at least 4 members (excludes halogenated alkanes) is 17. The molecular formula is C40H80O12. The minimum absolute atomic E-state index is 0.168. The van der Waals surface area contributed by atoms with Crippen molar-refractivity contribution >= 4 is 17.9 Å². The van der Waals surface area contributed by atoms with Gasteiger partial charge in [0.1, 0.15) is 0 Å². The van der Waals surface area contributed by atoms with Gasteiger partial charge in [-0.25, -0.2) is 0 Å². The van der Waals surface area contributed by atoms with Crippen molar-refractivity contribution in [1.29, 1.82) is 0 Å². The van der Waals surface area contributed by atoms with Gasteiger partial charge in [0.15, 0.2) is 0 Å². The summed E-state index contributed by atoms with van der Waals surface area (Å²) in [7, 11) is 0. The van der Waals surface area contributed by atoms with Crippen molar-refractivity contribution < 1.29 is 60.3 Å². The molecule has 0 aromatic carbocycles. The lowest BCUT2D eigenvalue weighted by molar-refractivity contribution is -0.138. The number of hydrogen-bond acceptors (Lipinski definition) is 9. The van der Waals surface area contributed by atoms with Crippen molar-refractivity contribution in [2.75, 3.05) is 6.61 Å². The molecule has 12 heteroatoms. The maximum Gasteiger partial charge on any atom is 0.303 e. The summed E-state index contributed by atoms with van der Waals surface area (Å²) in [6.07, 6.45) is 21.8. The highest BCUT2D eigenvalue weighted by Crippen LogP contribution is 2.16. The van der Waals surface area contributed by atoms with Gasteiger partial charge in [-0.2, -0.15) is 0 Å². The zero-order valence-electron chi connectivity index (χ0n) is 32.8. The summed E-state index contributed by atoms with van der Waals surface area (Å²) in [5.74, 6) is -2.20. The Morgan fingerprint density at radius 1 is 0.385 bits per heavy atom. The Balaban J connectivity index is -0.000000715. The van der Waals surface area contributed by atoms with Crippen LogP contribution in [0.3, 0.4) is 0 Å². The maximum atomic E-state index is 10.4. The number of aliphatic hydroxyl groups excluding tert-OH is 6. The lowest BCUT2D eigenvalue weighted by Crippen LogP contribution is -2.25. The first-order valence-corrected chi connectivity index (χ1v) is 20.5. The first-order chi connectivity index (χ1) is 24.8. The Morgan fingerprint density at radius 2 is 0.654 bits per heavy atom. The van der Waals surface area contributed by atoms with E-state index in [4.69, 9.17) is 25.5 Å². The summed E-state index contributed by atoms with van der Waals surface area (Å²) >= 11 is 0. The first-order valence-electron chi connectivity index (χ1n) is 20.5. The molecule has 5 unspecified atom stereocenters. The molecule has 0 aromatic rings. The zero-order chi connectivity index (χ0) is 39.8. The van der Waals surface area contributed by atoms with Crippen LogP contribution in [0.25, 0.3) is 0 Å². The van der Waals surface area contributed by atoms with E-state index in [1.54, 1.807) is 0 Å². The lowest BCUT2D eigenvalue weighted by Gasteiger charge is -2.17. The number of aliphatic carboxylic acids is 3. The first kappa shape index (κ1) is 54.5. The summed E-state index contributed by atoms with van der Waals surface area (Å²) < 4.78 is 0. The normalized spacial score (nSPS) is 13.8. The van der Waals surface area contributed by atoms with Gasteiger partial charge in [-0.1, -0.05) is 129 Å². The van der Waals surface area contributed by atoms with Crippen LogP contribution in [0, 0.1) is 0 Å². The minimum atomic E-state index is -0.735. The van der Waals surface area contributed by atoms with E-state index in [1.807, 2.05) is 6.92 Å². The van der Waals surface area contributed by atoms with Crippen LogP contribution in [0.4, 0.5) is 0 Å². The smallest absolute Gasteiger partial charge is 0.303 e. The molecule has 312 valence electrons. The second-order valence-corrected chi connectivity index (χ2v) is 14.2.